The summed E-state index contributed by atoms with van der Waals surface area (Å²) in [4.78, 5) is 36.2. The number of ketones is 1. The van der Waals surface area contributed by atoms with Crippen molar-refractivity contribution in [3.05, 3.63) is 63.7 Å². The van der Waals surface area contributed by atoms with Crippen molar-refractivity contribution in [2.45, 2.75) is 39.8 Å². The number of carbonyl (C=O) groups excluding carboxylic acids is 2. The van der Waals surface area contributed by atoms with Gasteiger partial charge in [-0.1, -0.05) is 12.1 Å². The van der Waals surface area contributed by atoms with Crippen LogP contribution in [-0.4, -0.2) is 33.2 Å². The molecule has 0 unspecified atom stereocenters. The number of methoxy groups -OCH3 is 1. The Kier molecular flexibility index (Phi) is 5.73. The molecule has 7 nitrogen and oxygen atoms in total. The summed E-state index contributed by atoms with van der Waals surface area (Å²) >= 11 is 0. The van der Waals surface area contributed by atoms with E-state index in [0.717, 1.165) is 11.4 Å². The van der Waals surface area contributed by atoms with Crippen molar-refractivity contribution in [2.75, 3.05) is 7.11 Å². The number of esters is 1. The molecule has 0 fully saturated rings. The highest BCUT2D eigenvalue weighted by Gasteiger charge is 2.17. The van der Waals surface area contributed by atoms with Gasteiger partial charge in [0, 0.05) is 35.3 Å². The fourth-order valence-electron chi connectivity index (χ4n) is 3.42. The Bertz CT molecular complexity index is 1090. The molecule has 0 aliphatic carbocycles. The molecule has 0 saturated carbocycles. The van der Waals surface area contributed by atoms with E-state index in [1.165, 1.54) is 13.3 Å². The van der Waals surface area contributed by atoms with Gasteiger partial charge in [-0.25, -0.2) is 0 Å². The molecule has 28 heavy (non-hydrogen) atoms. The van der Waals surface area contributed by atoms with Gasteiger partial charge in [-0.15, -0.1) is 0 Å². The van der Waals surface area contributed by atoms with Crippen LogP contribution >= 0.6 is 0 Å². The number of aryl methyl sites for hydroxylation is 1. The van der Waals surface area contributed by atoms with Crippen LogP contribution in [0.25, 0.3) is 10.9 Å². The van der Waals surface area contributed by atoms with Gasteiger partial charge < -0.3 is 9.30 Å². The number of para-hydroxylation sites is 1. The highest BCUT2D eigenvalue weighted by Crippen LogP contribution is 2.18. The predicted molar refractivity (Wildman–Crippen MR) is 105 cm³/mol. The minimum absolute atomic E-state index is 0.0489. The Morgan fingerprint density at radius 3 is 2.68 bits per heavy atom. The van der Waals surface area contributed by atoms with Crippen molar-refractivity contribution < 1.29 is 14.3 Å². The van der Waals surface area contributed by atoms with Gasteiger partial charge in [0.05, 0.1) is 18.8 Å². The molecule has 0 spiro atoms. The van der Waals surface area contributed by atoms with E-state index in [9.17, 15) is 14.4 Å². The SMILES string of the molecule is COC(=O)CCCn1c(C)cc(C(=O)Cn2ncc(=O)c3ccccc32)c1C. The van der Waals surface area contributed by atoms with Crippen LogP contribution in [0, 0.1) is 13.8 Å². The Labute approximate surface area is 162 Å². The second kappa shape index (κ2) is 8.21. The first-order chi connectivity index (χ1) is 13.4. The van der Waals surface area contributed by atoms with Gasteiger partial charge in [-0.3, -0.25) is 19.1 Å². The molecule has 0 atom stereocenters. The Morgan fingerprint density at radius 2 is 1.93 bits per heavy atom. The fourth-order valence-corrected chi connectivity index (χ4v) is 3.42. The van der Waals surface area contributed by atoms with E-state index in [1.54, 1.807) is 22.9 Å². The van der Waals surface area contributed by atoms with E-state index in [1.807, 2.05) is 30.5 Å². The molecular weight excluding hydrogens is 358 g/mol. The third kappa shape index (κ3) is 3.88. The molecule has 0 aliphatic heterocycles. The number of ether oxygens (including phenoxy) is 1. The first-order valence-corrected chi connectivity index (χ1v) is 9.14. The third-order valence-electron chi connectivity index (χ3n) is 4.92. The fraction of sp³-hybridized carbons (Fsp3) is 0.333. The number of hydrogen-bond donors (Lipinski definition) is 0. The summed E-state index contributed by atoms with van der Waals surface area (Å²) in [7, 11) is 1.38. The topological polar surface area (TPSA) is 83.2 Å². The van der Waals surface area contributed by atoms with E-state index >= 15 is 0 Å². The molecule has 0 bridgehead atoms. The molecular formula is C21H23N3O4. The number of Topliss-reactive ketones (excluding diaryl/α,β-unsaturated/α-hetero) is 1. The quantitative estimate of drug-likeness (QED) is 0.464. The van der Waals surface area contributed by atoms with Crippen LogP contribution in [0.1, 0.15) is 34.6 Å². The lowest BCUT2D eigenvalue weighted by atomic mass is 10.1. The molecule has 0 radical (unpaired) electrons. The molecule has 0 aliphatic rings. The number of nitrogens with zero attached hydrogens (tertiary/aromatic N) is 3. The smallest absolute Gasteiger partial charge is 0.305 e. The van der Waals surface area contributed by atoms with E-state index in [4.69, 9.17) is 0 Å². The van der Waals surface area contributed by atoms with E-state index in [2.05, 4.69) is 9.84 Å². The second-order valence-electron chi connectivity index (χ2n) is 6.72. The van der Waals surface area contributed by atoms with Gasteiger partial charge >= 0.3 is 5.97 Å². The maximum Gasteiger partial charge on any atom is 0.305 e. The van der Waals surface area contributed by atoms with Crippen LogP contribution in [0.4, 0.5) is 0 Å². The van der Waals surface area contributed by atoms with Gasteiger partial charge in [-0.05, 0) is 38.5 Å². The van der Waals surface area contributed by atoms with Crippen molar-refractivity contribution in [3.63, 3.8) is 0 Å². The van der Waals surface area contributed by atoms with E-state index in [0.29, 0.717) is 35.9 Å². The maximum absolute atomic E-state index is 12.9. The van der Waals surface area contributed by atoms with Crippen LogP contribution in [-0.2, 0) is 22.6 Å². The van der Waals surface area contributed by atoms with Crippen LogP contribution < -0.4 is 5.43 Å². The molecule has 0 amide bonds. The number of hydrogen-bond acceptors (Lipinski definition) is 5. The van der Waals surface area contributed by atoms with Crippen molar-refractivity contribution in [2.24, 2.45) is 0 Å². The van der Waals surface area contributed by atoms with Crippen LogP contribution in [0.3, 0.4) is 0 Å². The number of benzene rings is 1. The summed E-state index contributed by atoms with van der Waals surface area (Å²) in [5, 5.41) is 4.67. The zero-order valence-electron chi connectivity index (χ0n) is 16.3. The highest BCUT2D eigenvalue weighted by atomic mass is 16.5. The number of aromatic nitrogens is 3. The first-order valence-electron chi connectivity index (χ1n) is 9.14. The summed E-state index contributed by atoms with van der Waals surface area (Å²) < 4.78 is 8.26. The van der Waals surface area contributed by atoms with Gasteiger partial charge in [0.1, 0.15) is 6.54 Å². The maximum atomic E-state index is 12.9. The van der Waals surface area contributed by atoms with E-state index in [-0.39, 0.29) is 23.7 Å². The molecule has 7 heteroatoms. The summed E-state index contributed by atoms with van der Waals surface area (Å²) in [6.45, 7) is 4.52. The minimum Gasteiger partial charge on any atom is -0.469 e. The Hall–Kier alpha value is -3.22. The number of fused-ring (bicyclic) bond motifs is 1. The van der Waals surface area contributed by atoms with Gasteiger partial charge in [0.25, 0.3) is 0 Å². The molecule has 1 aromatic carbocycles. The van der Waals surface area contributed by atoms with Gasteiger partial charge in [0.15, 0.2) is 5.78 Å². The van der Waals surface area contributed by atoms with Crippen molar-refractivity contribution in [1.29, 1.82) is 0 Å². The zero-order valence-corrected chi connectivity index (χ0v) is 16.3. The van der Waals surface area contributed by atoms with Crippen LogP contribution in [0.5, 0.6) is 0 Å². The van der Waals surface area contributed by atoms with Crippen molar-refractivity contribution >= 4 is 22.7 Å². The molecule has 2 aromatic heterocycles. The van der Waals surface area contributed by atoms with Crippen LogP contribution in [0.2, 0.25) is 0 Å². The summed E-state index contributed by atoms with van der Waals surface area (Å²) in [5.41, 5.74) is 2.92. The average Bonchev–Trinajstić information content (AvgIpc) is 2.98. The first kappa shape index (κ1) is 19.5. The molecule has 2 heterocycles. The van der Waals surface area contributed by atoms with Crippen molar-refractivity contribution in [3.8, 4) is 0 Å². The second-order valence-corrected chi connectivity index (χ2v) is 6.72. The van der Waals surface area contributed by atoms with Gasteiger partial charge in [0.2, 0.25) is 5.43 Å². The average molecular weight is 381 g/mol. The highest BCUT2D eigenvalue weighted by molar-refractivity contribution is 5.98. The number of rotatable bonds is 7. The minimum atomic E-state index is -0.241. The van der Waals surface area contributed by atoms with Gasteiger partial charge in [-0.2, -0.15) is 5.10 Å². The summed E-state index contributed by atoms with van der Waals surface area (Å²) in [6, 6.07) is 8.98. The zero-order chi connectivity index (χ0) is 20.3. The monoisotopic (exact) mass is 381 g/mol. The molecule has 146 valence electrons. The molecule has 3 rings (SSSR count). The van der Waals surface area contributed by atoms with Crippen molar-refractivity contribution in [1.82, 2.24) is 14.3 Å². The Balaban J connectivity index is 1.82. The van der Waals surface area contributed by atoms with E-state index < -0.39 is 0 Å². The Morgan fingerprint density at radius 1 is 1.18 bits per heavy atom. The summed E-state index contributed by atoms with van der Waals surface area (Å²) in [5.74, 6) is -0.316. The molecule has 3 aromatic rings. The van der Waals surface area contributed by atoms with Crippen LogP contribution in [0.15, 0.2) is 41.3 Å². The predicted octanol–water partition coefficient (Wildman–Crippen LogP) is 2.65. The lowest BCUT2D eigenvalue weighted by Gasteiger charge is -2.10. The molecule has 0 saturated heterocycles. The lowest BCUT2D eigenvalue weighted by Crippen LogP contribution is -2.18. The number of carbonyl (C=O) groups is 2. The standard InChI is InChI=1S/C21H23N3O4/c1-14-11-17(15(2)23(14)10-6-9-21(27)28-3)20(26)13-24-18-8-5-4-7-16(18)19(25)12-22-24/h4-5,7-8,11-12H,6,9-10,13H2,1-3H3. The third-order valence-corrected chi connectivity index (χ3v) is 4.92. The largest absolute Gasteiger partial charge is 0.469 e. The normalized spacial score (nSPS) is 11.0. The molecule has 0 N–H and O–H groups in total. The lowest BCUT2D eigenvalue weighted by molar-refractivity contribution is -0.140. The summed E-state index contributed by atoms with van der Waals surface area (Å²) in [6.07, 6.45) is 2.22.